The summed E-state index contributed by atoms with van der Waals surface area (Å²) in [5.41, 5.74) is 2.65. The van der Waals surface area contributed by atoms with Crippen LogP contribution in [0.15, 0.2) is 36.5 Å². The number of rotatable bonds is 2. The maximum Gasteiger partial charge on any atom is 0.257 e. The molecule has 0 fully saturated rings. The molecule has 0 atom stereocenters. The van der Waals surface area contributed by atoms with Gasteiger partial charge >= 0.3 is 0 Å². The standard InChI is InChI=1S/C15H14IN3OS/c1-9-3-5-12(10(2)7-9)14(20)19-15(21)18-13-6-4-11(16)8-17-13/h3-8H,1-2H3,(H2,17,18,19,20,21). The number of amides is 1. The number of anilines is 1. The normalized spacial score (nSPS) is 10.0. The van der Waals surface area contributed by atoms with Crippen LogP contribution in [0.4, 0.5) is 5.82 Å². The van der Waals surface area contributed by atoms with Gasteiger partial charge in [-0.15, -0.1) is 0 Å². The molecule has 4 nitrogen and oxygen atoms in total. The molecule has 108 valence electrons. The van der Waals surface area contributed by atoms with Crippen molar-refractivity contribution in [1.29, 1.82) is 0 Å². The summed E-state index contributed by atoms with van der Waals surface area (Å²) in [4.78, 5) is 16.3. The van der Waals surface area contributed by atoms with Gasteiger partial charge in [0.15, 0.2) is 5.11 Å². The van der Waals surface area contributed by atoms with Crippen LogP contribution in [-0.2, 0) is 0 Å². The SMILES string of the molecule is Cc1ccc(C(=O)NC(=S)Nc2ccc(I)cn2)c(C)c1. The molecule has 1 aromatic heterocycles. The smallest absolute Gasteiger partial charge is 0.257 e. The topological polar surface area (TPSA) is 54.0 Å². The number of hydrogen-bond acceptors (Lipinski definition) is 3. The van der Waals surface area contributed by atoms with Crippen LogP contribution in [0.1, 0.15) is 21.5 Å². The number of benzene rings is 1. The van der Waals surface area contributed by atoms with Crippen LogP contribution in [0.3, 0.4) is 0 Å². The summed E-state index contributed by atoms with van der Waals surface area (Å²) in [7, 11) is 0. The molecule has 2 N–H and O–H groups in total. The number of hydrogen-bond donors (Lipinski definition) is 2. The lowest BCUT2D eigenvalue weighted by atomic mass is 10.1. The van der Waals surface area contributed by atoms with Crippen molar-refractivity contribution in [3.8, 4) is 0 Å². The van der Waals surface area contributed by atoms with Crippen LogP contribution in [-0.4, -0.2) is 16.0 Å². The minimum absolute atomic E-state index is 0.226. The van der Waals surface area contributed by atoms with Gasteiger partial charge in [-0.05, 0) is 72.4 Å². The van der Waals surface area contributed by atoms with E-state index >= 15 is 0 Å². The second kappa shape index (κ2) is 6.95. The van der Waals surface area contributed by atoms with Gasteiger partial charge in [-0.1, -0.05) is 17.7 Å². The Labute approximate surface area is 142 Å². The van der Waals surface area contributed by atoms with Gasteiger partial charge in [-0.2, -0.15) is 0 Å². The summed E-state index contributed by atoms with van der Waals surface area (Å²) >= 11 is 7.30. The quantitative estimate of drug-likeness (QED) is 0.588. The second-order valence-corrected chi connectivity index (χ2v) is 6.24. The number of nitrogens with zero attached hydrogens (tertiary/aromatic N) is 1. The Bertz CT molecular complexity index is 686. The number of thiocarbonyl (C=S) groups is 1. The van der Waals surface area contributed by atoms with Crippen LogP contribution in [0, 0.1) is 17.4 Å². The third-order valence-electron chi connectivity index (χ3n) is 2.82. The fourth-order valence-electron chi connectivity index (χ4n) is 1.84. The Kier molecular flexibility index (Phi) is 5.24. The minimum Gasteiger partial charge on any atom is -0.317 e. The molecule has 1 heterocycles. The van der Waals surface area contributed by atoms with Gasteiger partial charge in [-0.3, -0.25) is 10.1 Å². The number of halogens is 1. The van der Waals surface area contributed by atoms with E-state index in [2.05, 4.69) is 38.2 Å². The van der Waals surface area contributed by atoms with Crippen LogP contribution in [0.25, 0.3) is 0 Å². The maximum absolute atomic E-state index is 12.2. The van der Waals surface area contributed by atoms with Crippen molar-refractivity contribution in [1.82, 2.24) is 10.3 Å². The molecule has 0 bridgehead atoms. The Morgan fingerprint density at radius 1 is 1.24 bits per heavy atom. The molecule has 2 rings (SSSR count). The number of carbonyl (C=O) groups is 1. The van der Waals surface area contributed by atoms with Crippen LogP contribution < -0.4 is 10.6 Å². The maximum atomic E-state index is 12.2. The van der Waals surface area contributed by atoms with E-state index < -0.39 is 0 Å². The van der Waals surface area contributed by atoms with Crippen molar-refractivity contribution in [3.63, 3.8) is 0 Å². The summed E-state index contributed by atoms with van der Waals surface area (Å²) in [6.07, 6.45) is 1.72. The monoisotopic (exact) mass is 411 g/mol. The summed E-state index contributed by atoms with van der Waals surface area (Å²) in [6.45, 7) is 3.89. The van der Waals surface area contributed by atoms with Crippen molar-refractivity contribution in [2.24, 2.45) is 0 Å². The summed E-state index contributed by atoms with van der Waals surface area (Å²) in [5.74, 6) is 0.372. The molecule has 1 amide bonds. The first-order chi connectivity index (χ1) is 9.95. The summed E-state index contributed by atoms with van der Waals surface area (Å²) in [5, 5.41) is 5.78. The second-order valence-electron chi connectivity index (χ2n) is 4.59. The van der Waals surface area contributed by atoms with E-state index in [1.54, 1.807) is 18.3 Å². The van der Waals surface area contributed by atoms with E-state index in [1.165, 1.54) is 0 Å². The van der Waals surface area contributed by atoms with Crippen molar-refractivity contribution in [2.45, 2.75) is 13.8 Å². The number of pyridine rings is 1. The molecule has 0 aliphatic carbocycles. The molecule has 0 spiro atoms. The highest BCUT2D eigenvalue weighted by molar-refractivity contribution is 14.1. The Balaban J connectivity index is 2.02. The molecule has 21 heavy (non-hydrogen) atoms. The largest absolute Gasteiger partial charge is 0.317 e. The van der Waals surface area contributed by atoms with Gasteiger partial charge < -0.3 is 5.32 Å². The lowest BCUT2D eigenvalue weighted by molar-refractivity contribution is 0.0977. The van der Waals surface area contributed by atoms with E-state index in [0.717, 1.165) is 14.7 Å². The van der Waals surface area contributed by atoms with Gasteiger partial charge in [0.05, 0.1) is 0 Å². The number of carbonyl (C=O) groups excluding carboxylic acids is 1. The average Bonchev–Trinajstić information content (AvgIpc) is 2.41. The van der Waals surface area contributed by atoms with Gasteiger partial charge in [-0.25, -0.2) is 4.98 Å². The Hall–Kier alpha value is -1.54. The van der Waals surface area contributed by atoms with Crippen molar-refractivity contribution in [2.75, 3.05) is 5.32 Å². The van der Waals surface area contributed by atoms with Gasteiger partial charge in [0.25, 0.3) is 5.91 Å². The zero-order valence-electron chi connectivity index (χ0n) is 11.6. The van der Waals surface area contributed by atoms with Crippen LogP contribution in [0.2, 0.25) is 0 Å². The van der Waals surface area contributed by atoms with E-state index in [1.807, 2.05) is 32.0 Å². The summed E-state index contributed by atoms with van der Waals surface area (Å²) < 4.78 is 1.03. The molecule has 0 saturated heterocycles. The summed E-state index contributed by atoms with van der Waals surface area (Å²) in [6, 6.07) is 9.37. The first-order valence-electron chi connectivity index (χ1n) is 6.27. The molecule has 0 aliphatic rings. The number of nitrogens with one attached hydrogen (secondary N) is 2. The van der Waals surface area contributed by atoms with E-state index in [9.17, 15) is 4.79 Å². The average molecular weight is 411 g/mol. The highest BCUT2D eigenvalue weighted by atomic mass is 127. The molecular weight excluding hydrogens is 397 g/mol. The van der Waals surface area contributed by atoms with Gasteiger partial charge in [0.2, 0.25) is 0 Å². The first-order valence-corrected chi connectivity index (χ1v) is 7.75. The lowest BCUT2D eigenvalue weighted by Crippen LogP contribution is -2.34. The minimum atomic E-state index is -0.226. The van der Waals surface area contributed by atoms with Gasteiger partial charge in [0.1, 0.15) is 5.82 Å². The van der Waals surface area contributed by atoms with E-state index in [-0.39, 0.29) is 11.0 Å². The third kappa shape index (κ3) is 4.47. The van der Waals surface area contributed by atoms with Crippen molar-refractivity contribution < 1.29 is 4.79 Å². The van der Waals surface area contributed by atoms with E-state index in [0.29, 0.717) is 11.4 Å². The van der Waals surface area contributed by atoms with Crippen molar-refractivity contribution in [3.05, 3.63) is 56.8 Å². The molecule has 0 unspecified atom stereocenters. The van der Waals surface area contributed by atoms with Gasteiger partial charge in [0, 0.05) is 15.3 Å². The molecule has 1 aromatic carbocycles. The van der Waals surface area contributed by atoms with Crippen molar-refractivity contribution >= 4 is 51.6 Å². The first kappa shape index (κ1) is 15.8. The Morgan fingerprint density at radius 3 is 2.62 bits per heavy atom. The predicted molar refractivity (Wildman–Crippen MR) is 96.6 cm³/mol. The van der Waals surface area contributed by atoms with Crippen LogP contribution >= 0.6 is 34.8 Å². The lowest BCUT2D eigenvalue weighted by Gasteiger charge is -2.10. The third-order valence-corrected chi connectivity index (χ3v) is 3.66. The fourth-order valence-corrected chi connectivity index (χ4v) is 2.35. The zero-order chi connectivity index (χ0) is 15.4. The molecule has 6 heteroatoms. The van der Waals surface area contributed by atoms with E-state index in [4.69, 9.17) is 12.2 Å². The highest BCUT2D eigenvalue weighted by Gasteiger charge is 2.10. The number of aryl methyl sites for hydroxylation is 2. The molecule has 2 aromatic rings. The molecule has 0 saturated carbocycles. The Morgan fingerprint density at radius 2 is 2.00 bits per heavy atom. The van der Waals surface area contributed by atoms with Crippen LogP contribution in [0.5, 0.6) is 0 Å². The molecular formula is C15H14IN3OS. The predicted octanol–water partition coefficient (Wildman–Crippen LogP) is 3.43. The molecule has 0 aliphatic heterocycles. The number of aromatic nitrogens is 1. The molecule has 0 radical (unpaired) electrons. The highest BCUT2D eigenvalue weighted by Crippen LogP contribution is 2.11. The fraction of sp³-hybridized carbons (Fsp3) is 0.133. The zero-order valence-corrected chi connectivity index (χ0v) is 14.6.